The Morgan fingerprint density at radius 3 is 2.61 bits per heavy atom. The van der Waals surface area contributed by atoms with Crippen molar-refractivity contribution in [3.8, 4) is 11.5 Å². The van der Waals surface area contributed by atoms with Gasteiger partial charge in [0.05, 0.1) is 22.9 Å². The second kappa shape index (κ2) is 10.3. The summed E-state index contributed by atoms with van der Waals surface area (Å²) in [6, 6.07) is 20.7. The van der Waals surface area contributed by atoms with Crippen molar-refractivity contribution in [1.82, 2.24) is 4.90 Å². The Kier molecular flexibility index (Phi) is 7.00. The van der Waals surface area contributed by atoms with E-state index in [1.165, 1.54) is 11.8 Å². The molecule has 6 nitrogen and oxygen atoms in total. The molecule has 0 aliphatic carbocycles. The van der Waals surface area contributed by atoms with Gasteiger partial charge in [-0.05, 0) is 63.0 Å². The molecule has 2 heterocycles. The summed E-state index contributed by atoms with van der Waals surface area (Å²) >= 11 is 10.9. The maximum Gasteiger partial charge on any atom is 0.283 e. The highest BCUT2D eigenvalue weighted by molar-refractivity contribution is 9.10. The van der Waals surface area contributed by atoms with Crippen LogP contribution in [0.25, 0.3) is 11.8 Å². The molecule has 5 rings (SSSR count). The first-order chi connectivity index (χ1) is 17.4. The van der Waals surface area contributed by atoms with E-state index < -0.39 is 5.91 Å². The summed E-state index contributed by atoms with van der Waals surface area (Å²) in [4.78, 5) is 18.8. The van der Waals surface area contributed by atoms with Crippen molar-refractivity contribution >= 4 is 68.0 Å². The molecular weight excluding hydrogens is 562 g/mol. The van der Waals surface area contributed by atoms with E-state index in [0.717, 1.165) is 16.8 Å². The van der Waals surface area contributed by atoms with Crippen molar-refractivity contribution in [2.75, 3.05) is 7.11 Å². The van der Waals surface area contributed by atoms with Gasteiger partial charge in [-0.2, -0.15) is 4.99 Å². The number of fused-ring (bicyclic) bond motifs is 1. The van der Waals surface area contributed by atoms with Gasteiger partial charge in [0.15, 0.2) is 16.7 Å². The molecule has 3 aromatic carbocycles. The van der Waals surface area contributed by atoms with Crippen molar-refractivity contribution in [3.05, 3.63) is 104 Å². The van der Waals surface area contributed by atoms with E-state index in [0.29, 0.717) is 38.3 Å². The number of rotatable bonds is 6. The molecule has 0 fully saturated rings. The average molecular weight is 581 g/mol. The van der Waals surface area contributed by atoms with Gasteiger partial charge in [-0.15, -0.1) is 0 Å². The zero-order valence-corrected chi connectivity index (χ0v) is 22.2. The van der Waals surface area contributed by atoms with Crippen molar-refractivity contribution in [2.45, 2.75) is 6.61 Å². The van der Waals surface area contributed by atoms with E-state index in [1.54, 1.807) is 24.2 Å². The molecule has 0 aromatic heterocycles. The maximum absolute atomic E-state index is 12.8. The van der Waals surface area contributed by atoms with Gasteiger partial charge in [0.2, 0.25) is 0 Å². The number of aliphatic imine (C=N–C) groups is 1. The van der Waals surface area contributed by atoms with Crippen LogP contribution in [0.4, 0.5) is 0 Å². The Balaban J connectivity index is 1.43. The Morgan fingerprint density at radius 1 is 1.14 bits per heavy atom. The average Bonchev–Trinajstić information content (AvgIpc) is 3.31. The number of nitrogens with zero attached hydrogens (tertiary/aromatic N) is 2. The second-order valence-electron chi connectivity index (χ2n) is 7.88. The minimum atomic E-state index is -0.459. The van der Waals surface area contributed by atoms with Gasteiger partial charge >= 0.3 is 0 Å². The number of carbonyl (C=O) groups is 1. The van der Waals surface area contributed by atoms with E-state index in [9.17, 15) is 4.79 Å². The third-order valence-electron chi connectivity index (χ3n) is 5.54. The van der Waals surface area contributed by atoms with Gasteiger partial charge in [-0.25, -0.2) is 0 Å². The first kappa shape index (κ1) is 24.4. The predicted octanol–water partition coefficient (Wildman–Crippen LogP) is 6.99. The van der Waals surface area contributed by atoms with Crippen molar-refractivity contribution in [1.29, 1.82) is 5.41 Å². The Morgan fingerprint density at radius 2 is 1.89 bits per heavy atom. The number of methoxy groups -OCH3 is 1. The minimum absolute atomic E-state index is 0.0725. The number of thioether (sulfide) groups is 1. The molecule has 0 spiro atoms. The summed E-state index contributed by atoms with van der Waals surface area (Å²) in [6.07, 6.45) is 1.65. The molecule has 0 unspecified atom stereocenters. The molecule has 0 atom stereocenters. The fourth-order valence-corrected chi connectivity index (χ4v) is 5.37. The standard InChI is InChI=1S/C27H19BrClN3O3S/c1-34-23-13-17(12-21(28)24(23)35-14-16-7-9-19(29)10-8-16)11-20-25(30)32-22(18-5-3-2-4-6-18)15-36-27(32)31-26(20)33/h2-13,15,30H,14H2,1H3/b20-11-,30-25?. The molecule has 1 amide bonds. The molecule has 36 heavy (non-hydrogen) atoms. The molecular formula is C27H19BrClN3O3S. The molecule has 0 saturated heterocycles. The lowest BCUT2D eigenvalue weighted by Gasteiger charge is -2.27. The summed E-state index contributed by atoms with van der Waals surface area (Å²) in [6.45, 7) is 0.328. The molecule has 180 valence electrons. The first-order valence-corrected chi connectivity index (χ1v) is 12.9. The zero-order valence-electron chi connectivity index (χ0n) is 19.0. The van der Waals surface area contributed by atoms with Crippen LogP contribution in [0.15, 0.2) is 87.2 Å². The Bertz CT molecular complexity index is 1450. The number of carbonyl (C=O) groups excluding carboxylic acids is 1. The van der Waals surface area contributed by atoms with E-state index >= 15 is 0 Å². The monoisotopic (exact) mass is 579 g/mol. The topological polar surface area (TPSA) is 75.0 Å². The van der Waals surface area contributed by atoms with Crippen LogP contribution in [0.5, 0.6) is 11.5 Å². The SMILES string of the molecule is COc1cc(/C=C2/C(=N)N3C(c4ccccc4)=CSC3=NC2=O)cc(Br)c1OCc1ccc(Cl)cc1. The molecule has 0 saturated carbocycles. The van der Waals surface area contributed by atoms with Gasteiger partial charge in [0.1, 0.15) is 12.4 Å². The smallest absolute Gasteiger partial charge is 0.283 e. The van der Waals surface area contributed by atoms with E-state index in [1.807, 2.05) is 66.1 Å². The van der Waals surface area contributed by atoms with Crippen LogP contribution >= 0.6 is 39.3 Å². The number of benzene rings is 3. The third-order valence-corrected chi connectivity index (χ3v) is 7.21. The number of ether oxygens (including phenoxy) is 2. The fourth-order valence-electron chi connectivity index (χ4n) is 3.78. The molecule has 3 aromatic rings. The van der Waals surface area contributed by atoms with E-state index in [2.05, 4.69) is 20.9 Å². The van der Waals surface area contributed by atoms with Crippen molar-refractivity contribution in [3.63, 3.8) is 0 Å². The molecule has 0 radical (unpaired) electrons. The Hall–Kier alpha value is -3.33. The van der Waals surface area contributed by atoms with Gasteiger partial charge < -0.3 is 9.47 Å². The van der Waals surface area contributed by atoms with Gasteiger partial charge in [-0.3, -0.25) is 15.1 Å². The molecule has 0 bridgehead atoms. The van der Waals surface area contributed by atoms with Crippen molar-refractivity contribution < 1.29 is 14.3 Å². The first-order valence-electron chi connectivity index (χ1n) is 10.9. The van der Waals surface area contributed by atoms with Gasteiger partial charge in [0, 0.05) is 10.4 Å². The quantitative estimate of drug-likeness (QED) is 0.318. The van der Waals surface area contributed by atoms with Gasteiger partial charge in [-0.1, -0.05) is 65.8 Å². The molecule has 9 heteroatoms. The lowest BCUT2D eigenvalue weighted by Crippen LogP contribution is -2.38. The number of halogens is 2. The zero-order chi connectivity index (χ0) is 25.2. The molecule has 2 aliphatic heterocycles. The van der Waals surface area contributed by atoms with Crippen LogP contribution in [0.3, 0.4) is 0 Å². The third kappa shape index (κ3) is 4.84. The summed E-state index contributed by atoms with van der Waals surface area (Å²) in [5.74, 6) is 0.638. The summed E-state index contributed by atoms with van der Waals surface area (Å²) in [7, 11) is 1.55. The minimum Gasteiger partial charge on any atom is -0.493 e. The lowest BCUT2D eigenvalue weighted by molar-refractivity contribution is -0.114. The predicted molar refractivity (Wildman–Crippen MR) is 148 cm³/mol. The number of hydrogen-bond donors (Lipinski definition) is 1. The fraction of sp³-hybridized carbons (Fsp3) is 0.0741. The number of amides is 1. The lowest BCUT2D eigenvalue weighted by atomic mass is 10.1. The van der Waals surface area contributed by atoms with Crippen LogP contribution in [0.2, 0.25) is 5.02 Å². The van der Waals surface area contributed by atoms with E-state index in [4.69, 9.17) is 26.5 Å². The largest absolute Gasteiger partial charge is 0.493 e. The van der Waals surface area contributed by atoms with Crippen molar-refractivity contribution in [2.24, 2.45) is 4.99 Å². The number of hydrogen-bond acceptors (Lipinski definition) is 5. The maximum atomic E-state index is 12.8. The van der Waals surface area contributed by atoms with Gasteiger partial charge in [0.25, 0.3) is 5.91 Å². The molecule has 1 N–H and O–H groups in total. The summed E-state index contributed by atoms with van der Waals surface area (Å²) in [5, 5.41) is 11.9. The van der Waals surface area contributed by atoms with Crippen LogP contribution < -0.4 is 9.47 Å². The van der Waals surface area contributed by atoms with Crippen LogP contribution in [0.1, 0.15) is 16.7 Å². The summed E-state index contributed by atoms with van der Waals surface area (Å²) in [5.41, 5.74) is 3.57. The highest BCUT2D eigenvalue weighted by Crippen LogP contribution is 2.40. The normalized spacial score (nSPS) is 16.1. The second-order valence-corrected chi connectivity index (χ2v) is 10.0. The number of amidine groups is 2. The number of nitrogens with one attached hydrogen (secondary N) is 1. The highest BCUT2D eigenvalue weighted by Gasteiger charge is 2.36. The van der Waals surface area contributed by atoms with Crippen LogP contribution in [-0.4, -0.2) is 28.9 Å². The highest BCUT2D eigenvalue weighted by atomic mass is 79.9. The van der Waals surface area contributed by atoms with Crippen LogP contribution in [0, 0.1) is 5.41 Å². The molecule has 2 aliphatic rings. The summed E-state index contributed by atoms with van der Waals surface area (Å²) < 4.78 is 12.2. The Labute approximate surface area is 225 Å². The van der Waals surface area contributed by atoms with E-state index in [-0.39, 0.29) is 11.4 Å². The van der Waals surface area contributed by atoms with Crippen LogP contribution in [-0.2, 0) is 11.4 Å².